The van der Waals surface area contributed by atoms with Crippen LogP contribution < -0.4 is 10.6 Å². The van der Waals surface area contributed by atoms with E-state index < -0.39 is 0 Å². The van der Waals surface area contributed by atoms with Gasteiger partial charge >= 0.3 is 0 Å². The van der Waals surface area contributed by atoms with Crippen LogP contribution in [0, 0.1) is 5.92 Å². The lowest BCUT2D eigenvalue weighted by Gasteiger charge is -2.20. The minimum atomic E-state index is 0.112. The van der Waals surface area contributed by atoms with Crippen LogP contribution in [0.1, 0.15) is 38.5 Å². The Morgan fingerprint density at radius 3 is 2.72 bits per heavy atom. The molecule has 1 fully saturated rings. The summed E-state index contributed by atoms with van der Waals surface area (Å²) in [5, 5.41) is 5.86. The van der Waals surface area contributed by atoms with E-state index in [2.05, 4.69) is 15.6 Å². The average molecular weight is 247 g/mol. The van der Waals surface area contributed by atoms with Crippen molar-refractivity contribution in [2.24, 2.45) is 5.92 Å². The Balaban J connectivity index is 1.82. The highest BCUT2D eigenvalue weighted by Crippen LogP contribution is 2.26. The van der Waals surface area contributed by atoms with Crippen molar-refractivity contribution < 1.29 is 4.79 Å². The Bertz CT molecular complexity index is 383. The number of anilines is 2. The first-order chi connectivity index (χ1) is 8.78. The Hall–Kier alpha value is -1.58. The molecule has 1 aromatic heterocycles. The maximum Gasteiger partial charge on any atom is 0.224 e. The van der Waals surface area contributed by atoms with Crippen molar-refractivity contribution in [3.05, 3.63) is 18.3 Å². The lowest BCUT2D eigenvalue weighted by atomic mass is 9.87. The molecule has 1 saturated carbocycles. The van der Waals surface area contributed by atoms with Gasteiger partial charge in [0.25, 0.3) is 0 Å². The lowest BCUT2D eigenvalue weighted by molar-refractivity contribution is -0.117. The number of aromatic nitrogens is 1. The van der Waals surface area contributed by atoms with Gasteiger partial charge in [-0.05, 0) is 30.9 Å². The largest absolute Gasteiger partial charge is 0.373 e. The molecule has 1 amide bonds. The van der Waals surface area contributed by atoms with Gasteiger partial charge in [0.2, 0.25) is 5.91 Å². The van der Waals surface area contributed by atoms with Gasteiger partial charge in [-0.1, -0.05) is 19.3 Å². The van der Waals surface area contributed by atoms with Crippen molar-refractivity contribution >= 4 is 17.4 Å². The first-order valence-corrected chi connectivity index (χ1v) is 6.71. The third-order valence-corrected chi connectivity index (χ3v) is 3.50. The molecule has 0 atom stereocenters. The Morgan fingerprint density at radius 1 is 1.33 bits per heavy atom. The number of rotatable bonds is 4. The van der Waals surface area contributed by atoms with Crippen LogP contribution in [-0.4, -0.2) is 17.9 Å². The van der Waals surface area contributed by atoms with Crippen molar-refractivity contribution in [1.82, 2.24) is 4.98 Å². The highest BCUT2D eigenvalue weighted by molar-refractivity contribution is 5.90. The molecular formula is C14H21N3O. The van der Waals surface area contributed by atoms with Crippen LogP contribution in [0.2, 0.25) is 0 Å². The molecule has 4 heteroatoms. The van der Waals surface area contributed by atoms with E-state index in [1.807, 2.05) is 19.2 Å². The molecule has 0 bridgehead atoms. The van der Waals surface area contributed by atoms with Crippen LogP contribution in [0.4, 0.5) is 11.5 Å². The highest BCUT2D eigenvalue weighted by atomic mass is 16.1. The summed E-state index contributed by atoms with van der Waals surface area (Å²) in [6.07, 6.45) is 8.60. The number of hydrogen-bond acceptors (Lipinski definition) is 3. The predicted octanol–water partition coefficient (Wildman–Crippen LogP) is 3.03. The minimum Gasteiger partial charge on any atom is -0.373 e. The van der Waals surface area contributed by atoms with Gasteiger partial charge in [-0.2, -0.15) is 0 Å². The molecule has 18 heavy (non-hydrogen) atoms. The normalized spacial score (nSPS) is 16.3. The molecule has 1 heterocycles. The van der Waals surface area contributed by atoms with Crippen LogP contribution >= 0.6 is 0 Å². The van der Waals surface area contributed by atoms with Gasteiger partial charge < -0.3 is 10.6 Å². The maximum absolute atomic E-state index is 11.9. The summed E-state index contributed by atoms with van der Waals surface area (Å²) < 4.78 is 0. The molecule has 1 aromatic rings. The van der Waals surface area contributed by atoms with Crippen LogP contribution in [0.25, 0.3) is 0 Å². The third kappa shape index (κ3) is 3.72. The molecule has 0 unspecified atom stereocenters. The number of carbonyl (C=O) groups is 1. The monoisotopic (exact) mass is 247 g/mol. The fourth-order valence-corrected chi connectivity index (χ4v) is 2.48. The van der Waals surface area contributed by atoms with Gasteiger partial charge in [-0.15, -0.1) is 0 Å². The fourth-order valence-electron chi connectivity index (χ4n) is 2.48. The number of pyridine rings is 1. The first-order valence-electron chi connectivity index (χ1n) is 6.71. The number of hydrogen-bond donors (Lipinski definition) is 2. The van der Waals surface area contributed by atoms with Crippen molar-refractivity contribution in [2.75, 3.05) is 17.7 Å². The summed E-state index contributed by atoms with van der Waals surface area (Å²) in [7, 11) is 1.82. The quantitative estimate of drug-likeness (QED) is 0.860. The molecular weight excluding hydrogens is 226 g/mol. The van der Waals surface area contributed by atoms with Crippen LogP contribution in [-0.2, 0) is 4.79 Å². The SMILES string of the molecule is CNc1ccc(NC(=O)CC2CCCCC2)cn1. The Kier molecular flexibility index (Phi) is 4.56. The predicted molar refractivity (Wildman–Crippen MR) is 73.6 cm³/mol. The highest BCUT2D eigenvalue weighted by Gasteiger charge is 2.16. The molecule has 0 aliphatic heterocycles. The molecule has 98 valence electrons. The molecule has 0 saturated heterocycles. The van der Waals surface area contributed by atoms with E-state index in [-0.39, 0.29) is 5.91 Å². The molecule has 4 nitrogen and oxygen atoms in total. The second kappa shape index (κ2) is 6.38. The summed E-state index contributed by atoms with van der Waals surface area (Å²) in [6, 6.07) is 3.73. The third-order valence-electron chi connectivity index (χ3n) is 3.50. The summed E-state index contributed by atoms with van der Waals surface area (Å²) in [6.45, 7) is 0. The summed E-state index contributed by atoms with van der Waals surface area (Å²) in [4.78, 5) is 16.1. The van der Waals surface area contributed by atoms with Gasteiger partial charge in [0, 0.05) is 13.5 Å². The van der Waals surface area contributed by atoms with Gasteiger partial charge in [0.05, 0.1) is 11.9 Å². The van der Waals surface area contributed by atoms with E-state index in [9.17, 15) is 4.79 Å². The van der Waals surface area contributed by atoms with E-state index in [0.29, 0.717) is 12.3 Å². The van der Waals surface area contributed by atoms with Crippen LogP contribution in [0.5, 0.6) is 0 Å². The van der Waals surface area contributed by atoms with E-state index in [4.69, 9.17) is 0 Å². The van der Waals surface area contributed by atoms with E-state index in [1.165, 1.54) is 32.1 Å². The standard InChI is InChI=1S/C14H21N3O/c1-15-13-8-7-12(10-16-13)17-14(18)9-11-5-3-2-4-6-11/h7-8,10-11H,2-6,9H2,1H3,(H,15,16)(H,17,18). The summed E-state index contributed by atoms with van der Waals surface area (Å²) >= 11 is 0. The van der Waals surface area contributed by atoms with Crippen molar-refractivity contribution in [3.8, 4) is 0 Å². The zero-order chi connectivity index (χ0) is 12.8. The van der Waals surface area contributed by atoms with Crippen molar-refractivity contribution in [2.45, 2.75) is 38.5 Å². The number of carbonyl (C=O) groups excluding carboxylic acids is 1. The second-order valence-electron chi connectivity index (χ2n) is 4.94. The first kappa shape index (κ1) is 12.9. The number of nitrogens with one attached hydrogen (secondary N) is 2. The van der Waals surface area contributed by atoms with E-state index in [1.54, 1.807) is 6.20 Å². The smallest absolute Gasteiger partial charge is 0.224 e. The average Bonchev–Trinajstić information content (AvgIpc) is 2.40. The van der Waals surface area contributed by atoms with Crippen LogP contribution in [0.15, 0.2) is 18.3 Å². The summed E-state index contributed by atoms with van der Waals surface area (Å²) in [5.41, 5.74) is 0.773. The lowest BCUT2D eigenvalue weighted by Crippen LogP contribution is -2.18. The molecule has 0 radical (unpaired) electrons. The second-order valence-corrected chi connectivity index (χ2v) is 4.94. The molecule has 2 rings (SSSR count). The summed E-state index contributed by atoms with van der Waals surface area (Å²) in [5.74, 6) is 1.49. The zero-order valence-corrected chi connectivity index (χ0v) is 10.9. The van der Waals surface area contributed by atoms with E-state index in [0.717, 1.165) is 11.5 Å². The zero-order valence-electron chi connectivity index (χ0n) is 10.9. The number of amides is 1. The Morgan fingerprint density at radius 2 is 2.11 bits per heavy atom. The molecule has 1 aliphatic carbocycles. The molecule has 1 aliphatic rings. The molecule has 2 N–H and O–H groups in total. The number of nitrogens with zero attached hydrogens (tertiary/aromatic N) is 1. The van der Waals surface area contributed by atoms with Gasteiger partial charge in [-0.3, -0.25) is 4.79 Å². The molecule has 0 aromatic carbocycles. The topological polar surface area (TPSA) is 54.0 Å². The Labute approximate surface area is 108 Å². The van der Waals surface area contributed by atoms with Gasteiger partial charge in [0.15, 0.2) is 0 Å². The minimum absolute atomic E-state index is 0.112. The maximum atomic E-state index is 11.9. The van der Waals surface area contributed by atoms with Gasteiger partial charge in [-0.25, -0.2) is 4.98 Å². The fraction of sp³-hybridized carbons (Fsp3) is 0.571. The van der Waals surface area contributed by atoms with E-state index >= 15 is 0 Å². The van der Waals surface area contributed by atoms with Crippen LogP contribution in [0.3, 0.4) is 0 Å². The van der Waals surface area contributed by atoms with Crippen molar-refractivity contribution in [1.29, 1.82) is 0 Å². The molecule has 0 spiro atoms. The van der Waals surface area contributed by atoms with Crippen molar-refractivity contribution in [3.63, 3.8) is 0 Å². The van der Waals surface area contributed by atoms with Gasteiger partial charge in [0.1, 0.15) is 5.82 Å².